The van der Waals surface area contributed by atoms with Crippen molar-refractivity contribution in [3.05, 3.63) is 39.9 Å². The van der Waals surface area contributed by atoms with Gasteiger partial charge >= 0.3 is 0 Å². The Kier molecular flexibility index (Phi) is 6.52. The van der Waals surface area contributed by atoms with E-state index in [-0.39, 0.29) is 17.0 Å². The highest BCUT2D eigenvalue weighted by Crippen LogP contribution is 2.20. The van der Waals surface area contributed by atoms with E-state index in [1.165, 1.54) is 38.4 Å². The molecule has 0 unspecified atom stereocenters. The van der Waals surface area contributed by atoms with Crippen molar-refractivity contribution in [2.75, 3.05) is 19.6 Å². The molecule has 5 heteroatoms. The minimum absolute atomic E-state index is 0.0826. The Labute approximate surface area is 131 Å². The predicted molar refractivity (Wildman–Crippen MR) is 86.2 cm³/mol. The van der Waals surface area contributed by atoms with Gasteiger partial charge in [0, 0.05) is 12.5 Å². The van der Waals surface area contributed by atoms with Gasteiger partial charge in [-0.05, 0) is 51.4 Å². The molecule has 1 heterocycles. The number of nitro groups is 1. The molecule has 0 aliphatic carbocycles. The number of para-hydroxylation sites is 1. The van der Waals surface area contributed by atoms with E-state index in [9.17, 15) is 14.9 Å². The van der Waals surface area contributed by atoms with E-state index in [2.05, 4.69) is 4.90 Å². The summed E-state index contributed by atoms with van der Waals surface area (Å²) in [5.74, 6) is -0.120. The maximum absolute atomic E-state index is 12.1. The van der Waals surface area contributed by atoms with Gasteiger partial charge in [0.1, 0.15) is 0 Å². The molecule has 0 bridgehead atoms. The molecule has 0 aromatic heterocycles. The molecule has 5 nitrogen and oxygen atoms in total. The summed E-state index contributed by atoms with van der Waals surface area (Å²) in [7, 11) is 0. The van der Waals surface area contributed by atoms with Crippen molar-refractivity contribution >= 4 is 11.5 Å². The Bertz CT molecular complexity index is 510. The van der Waals surface area contributed by atoms with Crippen LogP contribution in [0.4, 0.5) is 5.69 Å². The number of Topliss-reactive ketones (excluding diaryl/α,β-unsaturated/α-hetero) is 1. The minimum Gasteiger partial charge on any atom is -0.303 e. The normalized spacial score (nSPS) is 15.6. The van der Waals surface area contributed by atoms with E-state index in [1.807, 2.05) is 0 Å². The third-order valence-electron chi connectivity index (χ3n) is 4.23. The Balaban J connectivity index is 1.70. The molecular formula is C17H24N2O3. The predicted octanol–water partition coefficient (Wildman–Crippen LogP) is 3.82. The first-order valence-corrected chi connectivity index (χ1v) is 8.17. The van der Waals surface area contributed by atoms with Crippen LogP contribution in [0.5, 0.6) is 0 Å². The lowest BCUT2D eigenvalue weighted by atomic mass is 10.0. The van der Waals surface area contributed by atoms with Crippen LogP contribution in [0.15, 0.2) is 24.3 Å². The van der Waals surface area contributed by atoms with Crippen LogP contribution in [0.1, 0.15) is 55.3 Å². The fourth-order valence-corrected chi connectivity index (χ4v) is 2.98. The molecule has 0 atom stereocenters. The second-order valence-electron chi connectivity index (χ2n) is 5.91. The van der Waals surface area contributed by atoms with E-state index in [0.29, 0.717) is 6.42 Å². The molecule has 1 saturated heterocycles. The number of hydrogen-bond donors (Lipinski definition) is 0. The van der Waals surface area contributed by atoms with Crippen LogP contribution < -0.4 is 0 Å². The standard InChI is InChI=1S/C17H24N2O3/c20-17(15-9-4-5-10-16(15)19(21)22)11-3-1-6-12-18-13-7-2-8-14-18/h4-5,9-10H,1-3,6-8,11-14H2. The molecule has 0 N–H and O–H groups in total. The van der Waals surface area contributed by atoms with Gasteiger partial charge in [-0.2, -0.15) is 0 Å². The highest BCUT2D eigenvalue weighted by atomic mass is 16.6. The number of nitro benzene ring substituents is 1. The molecule has 0 saturated carbocycles. The summed E-state index contributed by atoms with van der Waals surface area (Å²) in [6, 6.07) is 6.21. The molecule has 0 amide bonds. The van der Waals surface area contributed by atoms with Crippen molar-refractivity contribution in [2.24, 2.45) is 0 Å². The largest absolute Gasteiger partial charge is 0.303 e. The monoisotopic (exact) mass is 304 g/mol. The van der Waals surface area contributed by atoms with Gasteiger partial charge in [0.05, 0.1) is 10.5 Å². The fourth-order valence-electron chi connectivity index (χ4n) is 2.98. The van der Waals surface area contributed by atoms with Crippen LogP contribution in [0, 0.1) is 10.1 Å². The second kappa shape index (κ2) is 8.63. The van der Waals surface area contributed by atoms with Gasteiger partial charge in [0.15, 0.2) is 5.78 Å². The number of nitrogens with zero attached hydrogens (tertiary/aromatic N) is 2. The van der Waals surface area contributed by atoms with Gasteiger partial charge in [0.2, 0.25) is 0 Å². The molecule has 120 valence electrons. The molecule has 0 radical (unpaired) electrons. The Morgan fingerprint density at radius 1 is 1.09 bits per heavy atom. The summed E-state index contributed by atoms with van der Waals surface area (Å²) in [4.78, 5) is 25.1. The van der Waals surface area contributed by atoms with Gasteiger partial charge in [0.25, 0.3) is 5.69 Å². The zero-order valence-corrected chi connectivity index (χ0v) is 13.0. The lowest BCUT2D eigenvalue weighted by molar-refractivity contribution is -0.385. The molecular weight excluding hydrogens is 280 g/mol. The number of likely N-dealkylation sites (tertiary alicyclic amines) is 1. The van der Waals surface area contributed by atoms with Crippen LogP contribution in [0.25, 0.3) is 0 Å². The summed E-state index contributed by atoms with van der Waals surface area (Å²) < 4.78 is 0. The van der Waals surface area contributed by atoms with Gasteiger partial charge in [-0.25, -0.2) is 0 Å². The SMILES string of the molecule is O=C(CCCCCN1CCCCC1)c1ccccc1[N+](=O)[O-]. The second-order valence-corrected chi connectivity index (χ2v) is 5.91. The highest BCUT2D eigenvalue weighted by Gasteiger charge is 2.18. The molecule has 0 spiro atoms. The van der Waals surface area contributed by atoms with Crippen molar-refractivity contribution in [1.29, 1.82) is 0 Å². The first kappa shape index (κ1) is 16.6. The summed E-state index contributed by atoms with van der Waals surface area (Å²) in [6.45, 7) is 3.52. The van der Waals surface area contributed by atoms with Crippen molar-refractivity contribution in [2.45, 2.75) is 44.9 Å². The first-order chi connectivity index (χ1) is 10.7. The zero-order chi connectivity index (χ0) is 15.8. The lowest BCUT2D eigenvalue weighted by Crippen LogP contribution is -2.30. The number of hydrogen-bond acceptors (Lipinski definition) is 4. The van der Waals surface area contributed by atoms with Gasteiger partial charge in [-0.1, -0.05) is 25.0 Å². The Hall–Kier alpha value is -1.75. The number of piperidine rings is 1. The smallest absolute Gasteiger partial charge is 0.280 e. The molecule has 2 rings (SSSR count). The average Bonchev–Trinajstić information content (AvgIpc) is 2.55. The topological polar surface area (TPSA) is 63.5 Å². The summed E-state index contributed by atoms with van der Waals surface area (Å²) >= 11 is 0. The molecule has 1 aliphatic rings. The molecule has 1 aliphatic heterocycles. The van der Waals surface area contributed by atoms with Crippen molar-refractivity contribution < 1.29 is 9.72 Å². The maximum Gasteiger partial charge on any atom is 0.280 e. The first-order valence-electron chi connectivity index (χ1n) is 8.17. The van der Waals surface area contributed by atoms with E-state index in [1.54, 1.807) is 18.2 Å². The van der Waals surface area contributed by atoms with Crippen molar-refractivity contribution in [3.63, 3.8) is 0 Å². The number of unbranched alkanes of at least 4 members (excludes halogenated alkanes) is 2. The van der Waals surface area contributed by atoms with E-state index in [0.717, 1.165) is 25.8 Å². The quantitative estimate of drug-likeness (QED) is 0.317. The van der Waals surface area contributed by atoms with Crippen LogP contribution >= 0.6 is 0 Å². The van der Waals surface area contributed by atoms with Crippen LogP contribution in [-0.4, -0.2) is 35.2 Å². The Morgan fingerprint density at radius 3 is 2.55 bits per heavy atom. The number of rotatable bonds is 8. The van der Waals surface area contributed by atoms with E-state index in [4.69, 9.17) is 0 Å². The van der Waals surface area contributed by atoms with Gasteiger partial charge < -0.3 is 4.90 Å². The summed E-state index contributed by atoms with van der Waals surface area (Å²) in [6.07, 6.45) is 7.25. The lowest BCUT2D eigenvalue weighted by Gasteiger charge is -2.26. The van der Waals surface area contributed by atoms with Crippen LogP contribution in [0.3, 0.4) is 0 Å². The van der Waals surface area contributed by atoms with Crippen LogP contribution in [0.2, 0.25) is 0 Å². The maximum atomic E-state index is 12.1. The van der Waals surface area contributed by atoms with E-state index >= 15 is 0 Å². The Morgan fingerprint density at radius 2 is 1.82 bits per heavy atom. The van der Waals surface area contributed by atoms with Gasteiger partial charge in [-0.15, -0.1) is 0 Å². The summed E-state index contributed by atoms with van der Waals surface area (Å²) in [5.41, 5.74) is 0.157. The highest BCUT2D eigenvalue weighted by molar-refractivity contribution is 5.99. The van der Waals surface area contributed by atoms with Crippen molar-refractivity contribution in [3.8, 4) is 0 Å². The molecule has 22 heavy (non-hydrogen) atoms. The minimum atomic E-state index is -0.483. The molecule has 1 fully saturated rings. The number of carbonyl (C=O) groups is 1. The van der Waals surface area contributed by atoms with Gasteiger partial charge in [-0.3, -0.25) is 14.9 Å². The third kappa shape index (κ3) is 4.91. The fraction of sp³-hybridized carbons (Fsp3) is 0.588. The molecule has 1 aromatic carbocycles. The summed E-state index contributed by atoms with van der Waals surface area (Å²) in [5, 5.41) is 10.9. The zero-order valence-electron chi connectivity index (χ0n) is 13.0. The van der Waals surface area contributed by atoms with E-state index < -0.39 is 4.92 Å². The number of benzene rings is 1. The van der Waals surface area contributed by atoms with Crippen molar-refractivity contribution in [1.82, 2.24) is 4.90 Å². The molecule has 1 aromatic rings. The number of ketones is 1. The third-order valence-corrected chi connectivity index (χ3v) is 4.23. The van der Waals surface area contributed by atoms with Crippen LogP contribution in [-0.2, 0) is 0 Å². The average molecular weight is 304 g/mol. The number of carbonyl (C=O) groups excluding carboxylic acids is 1.